The molecule has 0 radical (unpaired) electrons. The summed E-state index contributed by atoms with van der Waals surface area (Å²) in [5.41, 5.74) is 1.26. The number of fused-ring (bicyclic) bond motifs is 1. The molecule has 1 aromatic heterocycles. The fraction of sp³-hybridized carbons (Fsp3) is 0.222. The predicted octanol–water partition coefficient (Wildman–Crippen LogP) is 4.04. The topological polar surface area (TPSA) is 34.4 Å². The number of benzene rings is 2. The molecule has 0 aliphatic carbocycles. The number of hydrogen-bond donors (Lipinski definition) is 1. The van der Waals surface area contributed by atoms with Gasteiger partial charge in [-0.05, 0) is 36.1 Å². The summed E-state index contributed by atoms with van der Waals surface area (Å²) in [6.07, 6.45) is 0. The summed E-state index contributed by atoms with van der Waals surface area (Å²) in [5.74, 6) is 2.82. The molecule has 0 saturated heterocycles. The standard InChI is InChI=1S/C18H19NO2/c1-13-7-9-15(21-13)12-19-11-14-8-10-18(20-2)17-6-4-3-5-16(14)17/h3-10,19H,11-12H2,1-2H3. The molecule has 21 heavy (non-hydrogen) atoms. The Morgan fingerprint density at radius 3 is 2.48 bits per heavy atom. The van der Waals surface area contributed by atoms with Gasteiger partial charge in [-0.2, -0.15) is 0 Å². The molecule has 3 aromatic rings. The van der Waals surface area contributed by atoms with Crippen LogP contribution in [0.15, 0.2) is 52.9 Å². The van der Waals surface area contributed by atoms with Crippen LogP contribution >= 0.6 is 0 Å². The second-order valence-electron chi connectivity index (χ2n) is 5.09. The number of hydrogen-bond acceptors (Lipinski definition) is 3. The van der Waals surface area contributed by atoms with Gasteiger partial charge in [-0.25, -0.2) is 0 Å². The van der Waals surface area contributed by atoms with Crippen LogP contribution in [-0.4, -0.2) is 7.11 Å². The van der Waals surface area contributed by atoms with E-state index in [1.165, 1.54) is 10.9 Å². The molecule has 0 saturated carbocycles. The zero-order chi connectivity index (χ0) is 14.7. The van der Waals surface area contributed by atoms with Gasteiger partial charge in [-0.15, -0.1) is 0 Å². The average Bonchev–Trinajstić information content (AvgIpc) is 2.93. The van der Waals surface area contributed by atoms with Crippen LogP contribution in [0.3, 0.4) is 0 Å². The lowest BCUT2D eigenvalue weighted by atomic mass is 10.0. The van der Waals surface area contributed by atoms with Gasteiger partial charge in [0.15, 0.2) is 0 Å². The van der Waals surface area contributed by atoms with Gasteiger partial charge >= 0.3 is 0 Å². The highest BCUT2D eigenvalue weighted by Gasteiger charge is 2.06. The highest BCUT2D eigenvalue weighted by Crippen LogP contribution is 2.28. The molecule has 0 fully saturated rings. The molecular formula is C18H19NO2. The van der Waals surface area contributed by atoms with Crippen LogP contribution in [0.4, 0.5) is 0 Å². The lowest BCUT2D eigenvalue weighted by Gasteiger charge is -2.11. The van der Waals surface area contributed by atoms with E-state index in [1.54, 1.807) is 7.11 Å². The molecule has 3 nitrogen and oxygen atoms in total. The summed E-state index contributed by atoms with van der Waals surface area (Å²) in [4.78, 5) is 0. The number of ether oxygens (including phenoxy) is 1. The minimum absolute atomic E-state index is 0.730. The van der Waals surface area contributed by atoms with E-state index in [2.05, 4.69) is 29.6 Å². The number of nitrogens with one attached hydrogen (secondary N) is 1. The van der Waals surface area contributed by atoms with Crippen molar-refractivity contribution in [2.75, 3.05) is 7.11 Å². The van der Waals surface area contributed by atoms with Gasteiger partial charge in [-0.1, -0.05) is 30.3 Å². The largest absolute Gasteiger partial charge is 0.496 e. The van der Waals surface area contributed by atoms with Gasteiger partial charge in [0.1, 0.15) is 17.3 Å². The zero-order valence-electron chi connectivity index (χ0n) is 12.3. The van der Waals surface area contributed by atoms with Crippen LogP contribution in [0.5, 0.6) is 5.75 Å². The van der Waals surface area contributed by atoms with Crippen molar-refractivity contribution in [3.63, 3.8) is 0 Å². The monoisotopic (exact) mass is 281 g/mol. The third kappa shape index (κ3) is 2.93. The van der Waals surface area contributed by atoms with Crippen molar-refractivity contribution in [2.24, 2.45) is 0 Å². The molecule has 3 heteroatoms. The molecule has 0 bridgehead atoms. The summed E-state index contributed by atoms with van der Waals surface area (Å²) in [6, 6.07) is 16.4. The summed E-state index contributed by atoms with van der Waals surface area (Å²) in [6.45, 7) is 3.49. The van der Waals surface area contributed by atoms with E-state index in [9.17, 15) is 0 Å². The first kappa shape index (κ1) is 13.7. The third-order valence-corrected chi connectivity index (χ3v) is 3.60. The third-order valence-electron chi connectivity index (χ3n) is 3.60. The van der Waals surface area contributed by atoms with Crippen molar-refractivity contribution in [1.82, 2.24) is 5.32 Å². The van der Waals surface area contributed by atoms with Gasteiger partial charge in [0.25, 0.3) is 0 Å². The van der Waals surface area contributed by atoms with Crippen LogP contribution in [0.1, 0.15) is 17.1 Å². The van der Waals surface area contributed by atoms with Crippen LogP contribution in [0.2, 0.25) is 0 Å². The Morgan fingerprint density at radius 2 is 1.76 bits per heavy atom. The molecule has 0 atom stereocenters. The van der Waals surface area contributed by atoms with E-state index in [0.29, 0.717) is 0 Å². The number of rotatable bonds is 5. The van der Waals surface area contributed by atoms with Gasteiger partial charge in [-0.3, -0.25) is 0 Å². The van der Waals surface area contributed by atoms with Crippen LogP contribution < -0.4 is 10.1 Å². The fourth-order valence-corrected chi connectivity index (χ4v) is 2.57. The Balaban J connectivity index is 1.78. The summed E-state index contributed by atoms with van der Waals surface area (Å²) in [7, 11) is 1.71. The lowest BCUT2D eigenvalue weighted by Crippen LogP contribution is -2.12. The van der Waals surface area contributed by atoms with Crippen LogP contribution in [0, 0.1) is 6.92 Å². The van der Waals surface area contributed by atoms with E-state index in [-0.39, 0.29) is 0 Å². The number of furan rings is 1. The van der Waals surface area contributed by atoms with Crippen molar-refractivity contribution in [1.29, 1.82) is 0 Å². The maximum atomic E-state index is 5.56. The quantitative estimate of drug-likeness (QED) is 0.766. The summed E-state index contributed by atoms with van der Waals surface area (Å²) >= 11 is 0. The maximum Gasteiger partial charge on any atom is 0.126 e. The normalized spacial score (nSPS) is 11.0. The second kappa shape index (κ2) is 6.02. The molecule has 2 aromatic carbocycles. The lowest BCUT2D eigenvalue weighted by molar-refractivity contribution is 0.419. The Kier molecular flexibility index (Phi) is 3.93. The smallest absolute Gasteiger partial charge is 0.126 e. The van der Waals surface area contributed by atoms with E-state index >= 15 is 0 Å². The molecule has 1 N–H and O–H groups in total. The van der Waals surface area contributed by atoms with Gasteiger partial charge in [0.05, 0.1) is 13.7 Å². The molecule has 0 amide bonds. The number of aryl methyl sites for hydroxylation is 1. The molecule has 3 rings (SSSR count). The molecule has 0 unspecified atom stereocenters. The summed E-state index contributed by atoms with van der Waals surface area (Å²) in [5, 5.41) is 5.79. The first-order valence-corrected chi connectivity index (χ1v) is 7.08. The maximum absolute atomic E-state index is 5.56. The molecule has 0 aliphatic rings. The Labute approximate surface area is 124 Å². The van der Waals surface area contributed by atoms with Crippen molar-refractivity contribution in [2.45, 2.75) is 20.0 Å². The highest BCUT2D eigenvalue weighted by molar-refractivity contribution is 5.91. The second-order valence-corrected chi connectivity index (χ2v) is 5.09. The van der Waals surface area contributed by atoms with Gasteiger partial charge < -0.3 is 14.5 Å². The van der Waals surface area contributed by atoms with Crippen molar-refractivity contribution < 1.29 is 9.15 Å². The first-order chi connectivity index (χ1) is 10.3. The van der Waals surface area contributed by atoms with Crippen molar-refractivity contribution in [3.05, 3.63) is 65.6 Å². The Morgan fingerprint density at radius 1 is 0.952 bits per heavy atom. The van der Waals surface area contributed by atoms with Crippen LogP contribution in [-0.2, 0) is 13.1 Å². The van der Waals surface area contributed by atoms with Crippen LogP contribution in [0.25, 0.3) is 10.8 Å². The van der Waals surface area contributed by atoms with Gasteiger partial charge in [0.2, 0.25) is 0 Å². The first-order valence-electron chi connectivity index (χ1n) is 7.08. The van der Waals surface area contributed by atoms with E-state index in [1.807, 2.05) is 31.2 Å². The Bertz CT molecular complexity index is 746. The van der Waals surface area contributed by atoms with E-state index < -0.39 is 0 Å². The molecule has 108 valence electrons. The zero-order valence-corrected chi connectivity index (χ0v) is 12.3. The summed E-state index contributed by atoms with van der Waals surface area (Å²) < 4.78 is 11.0. The molecule has 1 heterocycles. The molecular weight excluding hydrogens is 262 g/mol. The Hall–Kier alpha value is -2.26. The van der Waals surface area contributed by atoms with Crippen molar-refractivity contribution >= 4 is 10.8 Å². The minimum atomic E-state index is 0.730. The minimum Gasteiger partial charge on any atom is -0.496 e. The average molecular weight is 281 g/mol. The van der Waals surface area contributed by atoms with Gasteiger partial charge in [0, 0.05) is 11.9 Å². The van der Waals surface area contributed by atoms with E-state index in [4.69, 9.17) is 9.15 Å². The number of methoxy groups -OCH3 is 1. The fourth-order valence-electron chi connectivity index (χ4n) is 2.57. The SMILES string of the molecule is COc1ccc(CNCc2ccc(C)o2)c2ccccc12. The predicted molar refractivity (Wildman–Crippen MR) is 84.5 cm³/mol. The van der Waals surface area contributed by atoms with Crippen molar-refractivity contribution in [3.8, 4) is 5.75 Å². The van der Waals surface area contributed by atoms with E-state index in [0.717, 1.165) is 35.7 Å². The molecule has 0 aliphatic heterocycles. The highest BCUT2D eigenvalue weighted by atomic mass is 16.5. The molecule has 0 spiro atoms.